The molecule has 4 rings (SSSR count). The zero-order chi connectivity index (χ0) is 24.3. The maximum atomic E-state index is 13.4. The van der Waals surface area contributed by atoms with Crippen molar-refractivity contribution < 1.29 is 22.7 Å². The highest BCUT2D eigenvalue weighted by molar-refractivity contribution is 7.89. The van der Waals surface area contributed by atoms with Gasteiger partial charge in [-0.05, 0) is 56.0 Å². The van der Waals surface area contributed by atoms with Crippen LogP contribution in [0, 0.1) is 20.8 Å². The van der Waals surface area contributed by atoms with Crippen LogP contribution in [0.3, 0.4) is 0 Å². The molecule has 2 N–H and O–H groups in total. The summed E-state index contributed by atoms with van der Waals surface area (Å²) < 4.78 is 40.6. The van der Waals surface area contributed by atoms with Crippen LogP contribution >= 0.6 is 0 Å². The molecule has 1 aliphatic heterocycles. The Morgan fingerprint density at radius 1 is 0.912 bits per heavy atom. The molecule has 0 aliphatic carbocycles. The van der Waals surface area contributed by atoms with Crippen LogP contribution in [0.5, 0.6) is 11.5 Å². The van der Waals surface area contributed by atoms with Gasteiger partial charge in [-0.2, -0.15) is 4.72 Å². The predicted molar refractivity (Wildman–Crippen MR) is 131 cm³/mol. The maximum absolute atomic E-state index is 13.4. The van der Waals surface area contributed by atoms with Gasteiger partial charge in [0.2, 0.25) is 15.9 Å². The molecule has 34 heavy (non-hydrogen) atoms. The van der Waals surface area contributed by atoms with Crippen LogP contribution in [-0.2, 0) is 21.2 Å². The summed E-state index contributed by atoms with van der Waals surface area (Å²) in [5.74, 6) is 0.678. The van der Waals surface area contributed by atoms with E-state index in [1.807, 2.05) is 49.4 Å². The number of fused-ring (bicyclic) bond motifs is 1. The SMILES string of the molecule is Cc1cc(C)c(S(=O)(=O)N[C@@H](Cc2ccccc2)C(=O)Nc2ccc3c(c2)OCCO3)c(C)c1. The molecular weight excluding hydrogens is 452 g/mol. The molecule has 0 fully saturated rings. The van der Waals surface area contributed by atoms with E-state index in [1.54, 1.807) is 32.0 Å². The van der Waals surface area contributed by atoms with Gasteiger partial charge in [-0.25, -0.2) is 8.42 Å². The minimum atomic E-state index is -3.96. The normalized spacial score (nSPS) is 13.9. The number of hydrogen-bond acceptors (Lipinski definition) is 5. The summed E-state index contributed by atoms with van der Waals surface area (Å²) in [6, 6.07) is 17.0. The molecule has 1 heterocycles. The lowest BCUT2D eigenvalue weighted by atomic mass is 10.1. The quantitative estimate of drug-likeness (QED) is 0.535. The van der Waals surface area contributed by atoms with E-state index in [1.165, 1.54) is 0 Å². The van der Waals surface area contributed by atoms with E-state index in [0.717, 1.165) is 11.1 Å². The summed E-state index contributed by atoms with van der Waals surface area (Å²) in [6.45, 7) is 6.34. The van der Waals surface area contributed by atoms with Gasteiger partial charge in [-0.3, -0.25) is 4.79 Å². The Bertz CT molecular complexity index is 1280. The maximum Gasteiger partial charge on any atom is 0.242 e. The number of anilines is 1. The first-order valence-corrected chi connectivity index (χ1v) is 12.6. The number of carbonyl (C=O) groups is 1. The smallest absolute Gasteiger partial charge is 0.242 e. The number of hydrogen-bond donors (Lipinski definition) is 2. The monoisotopic (exact) mass is 480 g/mol. The Kier molecular flexibility index (Phi) is 6.90. The van der Waals surface area contributed by atoms with E-state index in [-0.39, 0.29) is 11.3 Å². The molecular formula is C26H28N2O5S. The van der Waals surface area contributed by atoms with Gasteiger partial charge in [0, 0.05) is 11.8 Å². The minimum absolute atomic E-state index is 0.195. The molecule has 1 aliphatic rings. The van der Waals surface area contributed by atoms with Crippen molar-refractivity contribution in [1.29, 1.82) is 0 Å². The summed E-state index contributed by atoms with van der Waals surface area (Å²) in [4.78, 5) is 13.5. The standard InChI is InChI=1S/C26H28N2O5S/c1-17-13-18(2)25(19(3)14-17)34(30,31)28-22(15-20-7-5-4-6-8-20)26(29)27-21-9-10-23-24(16-21)33-12-11-32-23/h4-10,13-14,16,22,28H,11-12,15H2,1-3H3,(H,27,29)/t22-/m0/s1. The lowest BCUT2D eigenvalue weighted by molar-refractivity contribution is -0.117. The lowest BCUT2D eigenvalue weighted by Crippen LogP contribution is -2.45. The second-order valence-electron chi connectivity index (χ2n) is 8.44. The Hall–Kier alpha value is -3.36. The molecule has 1 atom stereocenters. The van der Waals surface area contributed by atoms with Gasteiger partial charge in [0.25, 0.3) is 0 Å². The third kappa shape index (κ3) is 5.40. The number of rotatable bonds is 7. The third-order valence-corrected chi connectivity index (χ3v) is 7.36. The topological polar surface area (TPSA) is 93.7 Å². The van der Waals surface area contributed by atoms with Crippen molar-refractivity contribution in [1.82, 2.24) is 4.72 Å². The van der Waals surface area contributed by atoms with Crippen molar-refractivity contribution >= 4 is 21.6 Å². The average Bonchev–Trinajstić information content (AvgIpc) is 2.78. The number of nitrogens with one attached hydrogen (secondary N) is 2. The van der Waals surface area contributed by atoms with Crippen molar-refractivity contribution in [3.63, 3.8) is 0 Å². The summed E-state index contributed by atoms with van der Waals surface area (Å²) >= 11 is 0. The van der Waals surface area contributed by atoms with Gasteiger partial charge in [0.1, 0.15) is 19.3 Å². The zero-order valence-electron chi connectivity index (χ0n) is 19.4. The van der Waals surface area contributed by atoms with Crippen LogP contribution in [0.1, 0.15) is 22.3 Å². The summed E-state index contributed by atoms with van der Waals surface area (Å²) in [5.41, 5.74) is 3.58. The van der Waals surface area contributed by atoms with Crippen LogP contribution in [-0.4, -0.2) is 33.6 Å². The fraction of sp³-hybridized carbons (Fsp3) is 0.269. The molecule has 0 unspecified atom stereocenters. The van der Waals surface area contributed by atoms with Gasteiger partial charge in [-0.1, -0.05) is 48.0 Å². The number of carbonyl (C=O) groups excluding carboxylic acids is 1. The average molecular weight is 481 g/mol. The number of benzene rings is 3. The molecule has 3 aromatic carbocycles. The van der Waals surface area contributed by atoms with Crippen LogP contribution in [0.25, 0.3) is 0 Å². The Morgan fingerprint density at radius 2 is 1.56 bits per heavy atom. The largest absolute Gasteiger partial charge is 0.486 e. The number of ether oxygens (including phenoxy) is 2. The molecule has 0 aromatic heterocycles. The molecule has 7 nitrogen and oxygen atoms in total. The van der Waals surface area contributed by atoms with Gasteiger partial charge >= 0.3 is 0 Å². The van der Waals surface area contributed by atoms with E-state index in [9.17, 15) is 13.2 Å². The number of amides is 1. The molecule has 8 heteroatoms. The second-order valence-corrected chi connectivity index (χ2v) is 10.1. The molecule has 0 spiro atoms. The first-order chi connectivity index (χ1) is 16.2. The molecule has 0 saturated heterocycles. The zero-order valence-corrected chi connectivity index (χ0v) is 20.2. The molecule has 1 amide bonds. The fourth-order valence-corrected chi connectivity index (χ4v) is 5.87. The summed E-state index contributed by atoms with van der Waals surface area (Å²) in [5, 5.41) is 2.82. The van der Waals surface area contributed by atoms with E-state index in [2.05, 4.69) is 10.0 Å². The summed E-state index contributed by atoms with van der Waals surface area (Å²) in [7, 11) is -3.96. The van der Waals surface area contributed by atoms with E-state index in [0.29, 0.717) is 41.5 Å². The van der Waals surface area contributed by atoms with Gasteiger partial charge in [-0.15, -0.1) is 0 Å². The van der Waals surface area contributed by atoms with Crippen molar-refractivity contribution in [2.24, 2.45) is 0 Å². The predicted octanol–water partition coefficient (Wildman–Crippen LogP) is 3.91. The highest BCUT2D eigenvalue weighted by Gasteiger charge is 2.29. The van der Waals surface area contributed by atoms with Crippen molar-refractivity contribution in [2.45, 2.75) is 38.1 Å². The van der Waals surface area contributed by atoms with Crippen LogP contribution < -0.4 is 19.5 Å². The van der Waals surface area contributed by atoms with E-state index >= 15 is 0 Å². The Morgan fingerprint density at radius 3 is 2.24 bits per heavy atom. The second kappa shape index (κ2) is 9.87. The van der Waals surface area contributed by atoms with E-state index in [4.69, 9.17) is 9.47 Å². The Labute approximate surface area is 200 Å². The highest BCUT2D eigenvalue weighted by atomic mass is 32.2. The minimum Gasteiger partial charge on any atom is -0.486 e. The Balaban J connectivity index is 1.62. The van der Waals surface area contributed by atoms with Crippen LogP contribution in [0.4, 0.5) is 5.69 Å². The molecule has 3 aromatic rings. The fourth-order valence-electron chi connectivity index (χ4n) is 4.23. The van der Waals surface area contributed by atoms with Crippen LogP contribution in [0.2, 0.25) is 0 Å². The van der Waals surface area contributed by atoms with Crippen molar-refractivity contribution in [3.05, 3.63) is 82.9 Å². The molecule has 0 bridgehead atoms. The van der Waals surface area contributed by atoms with E-state index < -0.39 is 22.0 Å². The number of aryl methyl sites for hydroxylation is 3. The summed E-state index contributed by atoms with van der Waals surface area (Å²) in [6.07, 6.45) is 0.195. The molecule has 0 saturated carbocycles. The van der Waals surface area contributed by atoms with Crippen molar-refractivity contribution in [3.8, 4) is 11.5 Å². The first kappa shape index (κ1) is 23.8. The van der Waals surface area contributed by atoms with Gasteiger partial charge in [0.05, 0.1) is 4.90 Å². The number of sulfonamides is 1. The van der Waals surface area contributed by atoms with Gasteiger partial charge < -0.3 is 14.8 Å². The van der Waals surface area contributed by atoms with Crippen LogP contribution in [0.15, 0.2) is 65.6 Å². The first-order valence-electron chi connectivity index (χ1n) is 11.1. The highest BCUT2D eigenvalue weighted by Crippen LogP contribution is 2.32. The third-order valence-electron chi connectivity index (χ3n) is 5.58. The lowest BCUT2D eigenvalue weighted by Gasteiger charge is -2.22. The molecule has 178 valence electrons. The van der Waals surface area contributed by atoms with Crippen molar-refractivity contribution in [2.75, 3.05) is 18.5 Å². The van der Waals surface area contributed by atoms with Gasteiger partial charge in [0.15, 0.2) is 11.5 Å². The molecule has 0 radical (unpaired) electrons.